The molecule has 6 nitrogen and oxygen atoms in total. The van der Waals surface area contributed by atoms with Gasteiger partial charge in [0.05, 0.1) is 26.5 Å². The second-order valence-corrected chi connectivity index (χ2v) is 5.58. The lowest BCUT2D eigenvalue weighted by Gasteiger charge is -2.18. The fourth-order valence-corrected chi connectivity index (χ4v) is 2.57. The molecule has 0 bridgehead atoms. The molecule has 1 aliphatic rings. The summed E-state index contributed by atoms with van der Waals surface area (Å²) in [7, 11) is 3.25. The van der Waals surface area contributed by atoms with Crippen LogP contribution in [0, 0.1) is 0 Å². The maximum absolute atomic E-state index is 5.61. The van der Waals surface area contributed by atoms with E-state index in [0.717, 1.165) is 28.3 Å². The van der Waals surface area contributed by atoms with Crippen LogP contribution in [-0.2, 0) is 6.54 Å². The van der Waals surface area contributed by atoms with Crippen LogP contribution < -0.4 is 24.4 Å². The van der Waals surface area contributed by atoms with Gasteiger partial charge in [-0.15, -0.1) is 0 Å². The van der Waals surface area contributed by atoms with Gasteiger partial charge in [0.15, 0.2) is 23.0 Å². The van der Waals surface area contributed by atoms with Gasteiger partial charge in [0.25, 0.3) is 0 Å². The average Bonchev–Trinajstić information content (AvgIpc) is 2.67. The average molecular weight is 342 g/mol. The molecule has 0 unspecified atom stereocenters. The normalized spacial score (nSPS) is 13.3. The van der Waals surface area contributed by atoms with Gasteiger partial charge in [-0.1, -0.05) is 6.07 Å². The van der Waals surface area contributed by atoms with Gasteiger partial charge in [-0.2, -0.15) is 5.10 Å². The molecule has 0 atom stereocenters. The van der Waals surface area contributed by atoms with Crippen LogP contribution >= 0.6 is 0 Å². The first-order valence-corrected chi connectivity index (χ1v) is 8.09. The van der Waals surface area contributed by atoms with E-state index in [-0.39, 0.29) is 0 Å². The van der Waals surface area contributed by atoms with Crippen LogP contribution in [0.1, 0.15) is 18.1 Å². The summed E-state index contributed by atoms with van der Waals surface area (Å²) in [6, 6.07) is 11.6. The number of ether oxygens (including phenoxy) is 4. The summed E-state index contributed by atoms with van der Waals surface area (Å²) in [4.78, 5) is 0. The minimum absolute atomic E-state index is 0.574. The van der Waals surface area contributed by atoms with Crippen molar-refractivity contribution in [1.82, 2.24) is 5.43 Å². The fraction of sp³-hybridized carbons (Fsp3) is 0.316. The van der Waals surface area contributed by atoms with E-state index >= 15 is 0 Å². The van der Waals surface area contributed by atoms with Gasteiger partial charge < -0.3 is 24.4 Å². The molecule has 0 fully saturated rings. The molecule has 0 amide bonds. The molecule has 6 heteroatoms. The number of hydrogen-bond acceptors (Lipinski definition) is 6. The minimum Gasteiger partial charge on any atom is -0.493 e. The highest BCUT2D eigenvalue weighted by Gasteiger charge is 2.12. The van der Waals surface area contributed by atoms with Gasteiger partial charge in [-0.05, 0) is 42.8 Å². The molecule has 0 aromatic heterocycles. The number of benzene rings is 2. The SMILES string of the molecule is COc1ccc(CN/N=C(/C)c2ccc3c(c2)OCCO3)cc1OC. The maximum Gasteiger partial charge on any atom is 0.162 e. The number of methoxy groups -OCH3 is 2. The number of hydrazone groups is 1. The summed E-state index contributed by atoms with van der Waals surface area (Å²) < 4.78 is 21.7. The van der Waals surface area contributed by atoms with E-state index in [1.54, 1.807) is 14.2 Å². The smallest absolute Gasteiger partial charge is 0.162 e. The molecule has 1 N–H and O–H groups in total. The number of hydrogen-bond donors (Lipinski definition) is 1. The monoisotopic (exact) mass is 342 g/mol. The van der Waals surface area contributed by atoms with E-state index in [1.807, 2.05) is 43.3 Å². The lowest BCUT2D eigenvalue weighted by Crippen LogP contribution is -2.16. The lowest BCUT2D eigenvalue weighted by molar-refractivity contribution is 0.171. The molecule has 2 aromatic carbocycles. The van der Waals surface area contributed by atoms with E-state index in [4.69, 9.17) is 18.9 Å². The number of rotatable bonds is 6. The van der Waals surface area contributed by atoms with Crippen LogP contribution in [0.15, 0.2) is 41.5 Å². The number of nitrogens with zero attached hydrogens (tertiary/aromatic N) is 1. The highest BCUT2D eigenvalue weighted by Crippen LogP contribution is 2.31. The molecule has 0 saturated heterocycles. The van der Waals surface area contributed by atoms with E-state index in [0.29, 0.717) is 31.3 Å². The second-order valence-electron chi connectivity index (χ2n) is 5.58. The Morgan fingerprint density at radius 2 is 1.76 bits per heavy atom. The van der Waals surface area contributed by atoms with Crippen LogP contribution in [0.4, 0.5) is 0 Å². The third-order valence-corrected chi connectivity index (χ3v) is 3.94. The summed E-state index contributed by atoms with van der Waals surface area (Å²) in [6.45, 7) is 3.70. The Bertz CT molecular complexity index is 774. The van der Waals surface area contributed by atoms with Crippen molar-refractivity contribution in [1.29, 1.82) is 0 Å². The van der Waals surface area contributed by atoms with Gasteiger partial charge in [0, 0.05) is 5.56 Å². The van der Waals surface area contributed by atoms with Gasteiger partial charge in [0.1, 0.15) is 13.2 Å². The zero-order valence-corrected chi connectivity index (χ0v) is 14.7. The van der Waals surface area contributed by atoms with Gasteiger partial charge in [-0.25, -0.2) is 0 Å². The van der Waals surface area contributed by atoms with Crippen LogP contribution in [0.3, 0.4) is 0 Å². The standard InChI is InChI=1S/C19H22N2O4/c1-13(15-5-7-17-19(11-15)25-9-8-24-17)21-20-12-14-4-6-16(22-2)18(10-14)23-3/h4-7,10-11,20H,8-9,12H2,1-3H3/b21-13-. The minimum atomic E-state index is 0.574. The van der Waals surface area contributed by atoms with Crippen molar-refractivity contribution in [3.63, 3.8) is 0 Å². The Kier molecular flexibility index (Phi) is 5.28. The fourth-order valence-electron chi connectivity index (χ4n) is 2.57. The summed E-state index contributed by atoms with van der Waals surface area (Å²) in [5, 5.41) is 4.43. The first kappa shape index (κ1) is 17.0. The predicted octanol–water partition coefficient (Wildman–Crippen LogP) is 2.99. The number of fused-ring (bicyclic) bond motifs is 1. The van der Waals surface area contributed by atoms with Crippen molar-refractivity contribution in [2.75, 3.05) is 27.4 Å². The molecule has 0 spiro atoms. The van der Waals surface area contributed by atoms with Crippen LogP contribution in [0.2, 0.25) is 0 Å². The highest BCUT2D eigenvalue weighted by molar-refractivity contribution is 5.99. The van der Waals surface area contributed by atoms with Crippen LogP contribution in [-0.4, -0.2) is 33.1 Å². The number of nitrogens with one attached hydrogen (secondary N) is 1. The van der Waals surface area contributed by atoms with Crippen LogP contribution in [0.5, 0.6) is 23.0 Å². The molecule has 0 saturated carbocycles. The van der Waals surface area contributed by atoms with Gasteiger partial charge in [-0.3, -0.25) is 0 Å². The Morgan fingerprint density at radius 1 is 1.00 bits per heavy atom. The first-order valence-electron chi connectivity index (χ1n) is 8.09. The third kappa shape index (κ3) is 3.96. The van der Waals surface area contributed by atoms with E-state index in [2.05, 4.69) is 10.5 Å². The molecule has 1 heterocycles. The van der Waals surface area contributed by atoms with Crippen molar-refractivity contribution in [3.8, 4) is 23.0 Å². The molecular weight excluding hydrogens is 320 g/mol. The van der Waals surface area contributed by atoms with Crippen molar-refractivity contribution >= 4 is 5.71 Å². The summed E-state index contributed by atoms with van der Waals surface area (Å²) in [6.07, 6.45) is 0. The molecule has 0 radical (unpaired) electrons. The first-order chi connectivity index (χ1) is 12.2. The molecule has 2 aromatic rings. The molecule has 3 rings (SSSR count). The largest absolute Gasteiger partial charge is 0.493 e. The predicted molar refractivity (Wildman–Crippen MR) is 96.0 cm³/mol. The van der Waals surface area contributed by atoms with E-state index < -0.39 is 0 Å². The molecule has 0 aliphatic carbocycles. The highest BCUT2D eigenvalue weighted by atomic mass is 16.6. The summed E-state index contributed by atoms with van der Waals surface area (Å²) in [5.41, 5.74) is 6.00. The molecule has 1 aliphatic heterocycles. The maximum atomic E-state index is 5.61. The lowest BCUT2D eigenvalue weighted by atomic mass is 10.1. The summed E-state index contributed by atoms with van der Waals surface area (Å²) >= 11 is 0. The van der Waals surface area contributed by atoms with Gasteiger partial charge >= 0.3 is 0 Å². The third-order valence-electron chi connectivity index (χ3n) is 3.94. The molecule has 132 valence electrons. The van der Waals surface area contributed by atoms with E-state index in [9.17, 15) is 0 Å². The molecular formula is C19H22N2O4. The van der Waals surface area contributed by atoms with Crippen molar-refractivity contribution < 1.29 is 18.9 Å². The Morgan fingerprint density at radius 3 is 2.52 bits per heavy atom. The Hall–Kier alpha value is -2.89. The zero-order valence-electron chi connectivity index (χ0n) is 14.7. The van der Waals surface area contributed by atoms with E-state index in [1.165, 1.54) is 0 Å². The Labute approximate surface area is 147 Å². The van der Waals surface area contributed by atoms with Crippen molar-refractivity contribution in [2.24, 2.45) is 5.10 Å². The van der Waals surface area contributed by atoms with Crippen LogP contribution in [0.25, 0.3) is 0 Å². The van der Waals surface area contributed by atoms with Crippen molar-refractivity contribution in [2.45, 2.75) is 13.5 Å². The second kappa shape index (κ2) is 7.79. The summed E-state index contributed by atoms with van der Waals surface area (Å²) in [5.74, 6) is 2.95. The Balaban J connectivity index is 1.66. The zero-order chi connectivity index (χ0) is 17.6. The molecule has 25 heavy (non-hydrogen) atoms. The quantitative estimate of drug-likeness (QED) is 0.646. The van der Waals surface area contributed by atoms with Crippen molar-refractivity contribution in [3.05, 3.63) is 47.5 Å². The topological polar surface area (TPSA) is 61.3 Å². The van der Waals surface area contributed by atoms with Gasteiger partial charge in [0.2, 0.25) is 0 Å².